The highest BCUT2D eigenvalue weighted by Crippen LogP contribution is 2.50. The number of alkyl halides is 3. The van der Waals surface area contributed by atoms with E-state index in [4.69, 9.17) is 0 Å². The first-order chi connectivity index (χ1) is 8.52. The molecule has 0 spiro atoms. The van der Waals surface area contributed by atoms with Gasteiger partial charge in [-0.3, -0.25) is 0 Å². The molecule has 1 aliphatic heterocycles. The molecule has 0 radical (unpaired) electrons. The Hall–Kier alpha value is -0.290. The van der Waals surface area contributed by atoms with E-state index in [1.54, 1.807) is 0 Å². The summed E-state index contributed by atoms with van der Waals surface area (Å²) in [4.78, 5) is 0. The fourth-order valence-electron chi connectivity index (χ4n) is 3.72. The zero-order valence-corrected chi connectivity index (χ0v) is 10.5. The first kappa shape index (κ1) is 12.7. The highest BCUT2D eigenvalue weighted by molar-refractivity contribution is 5.11. The molecule has 1 saturated heterocycles. The van der Waals surface area contributed by atoms with E-state index >= 15 is 0 Å². The first-order valence-corrected chi connectivity index (χ1v) is 7.10. The SMILES string of the molecule is FC(F)(F)C1(NC2CCCC2C2CCCN2)CC1. The van der Waals surface area contributed by atoms with Crippen LogP contribution < -0.4 is 10.6 Å². The van der Waals surface area contributed by atoms with Crippen LogP contribution in [0.1, 0.15) is 44.9 Å². The van der Waals surface area contributed by atoms with Crippen LogP contribution >= 0.6 is 0 Å². The van der Waals surface area contributed by atoms with Crippen molar-refractivity contribution in [1.82, 2.24) is 10.6 Å². The summed E-state index contributed by atoms with van der Waals surface area (Å²) in [6.45, 7) is 1.03. The fourth-order valence-corrected chi connectivity index (χ4v) is 3.72. The quantitative estimate of drug-likeness (QED) is 0.817. The van der Waals surface area contributed by atoms with Gasteiger partial charge in [-0.2, -0.15) is 13.2 Å². The van der Waals surface area contributed by atoms with Crippen molar-refractivity contribution in [1.29, 1.82) is 0 Å². The van der Waals surface area contributed by atoms with Crippen LogP contribution in [0.3, 0.4) is 0 Å². The van der Waals surface area contributed by atoms with Gasteiger partial charge >= 0.3 is 6.18 Å². The summed E-state index contributed by atoms with van der Waals surface area (Å²) in [6, 6.07) is 0.499. The van der Waals surface area contributed by atoms with Crippen LogP contribution in [0.15, 0.2) is 0 Å². The highest BCUT2D eigenvalue weighted by Gasteiger charge is 2.64. The largest absolute Gasteiger partial charge is 0.406 e. The average molecular weight is 262 g/mol. The van der Waals surface area contributed by atoms with Gasteiger partial charge in [0, 0.05) is 12.1 Å². The van der Waals surface area contributed by atoms with E-state index in [9.17, 15) is 13.2 Å². The van der Waals surface area contributed by atoms with Crippen LogP contribution in [0, 0.1) is 5.92 Å². The topological polar surface area (TPSA) is 24.1 Å². The van der Waals surface area contributed by atoms with Crippen LogP contribution in [-0.4, -0.2) is 30.3 Å². The van der Waals surface area contributed by atoms with Gasteiger partial charge in [0.05, 0.1) is 0 Å². The fraction of sp³-hybridized carbons (Fsp3) is 1.00. The summed E-state index contributed by atoms with van der Waals surface area (Å²) >= 11 is 0. The normalized spacial score (nSPS) is 39.2. The third-order valence-electron chi connectivity index (χ3n) is 4.94. The van der Waals surface area contributed by atoms with Crippen LogP contribution in [0.25, 0.3) is 0 Å². The van der Waals surface area contributed by atoms with Crippen molar-refractivity contribution in [2.45, 2.75) is 68.7 Å². The lowest BCUT2D eigenvalue weighted by molar-refractivity contribution is -0.168. The molecule has 3 rings (SSSR count). The molecule has 3 fully saturated rings. The van der Waals surface area contributed by atoms with E-state index in [0.717, 1.165) is 38.6 Å². The summed E-state index contributed by atoms with van der Waals surface area (Å²) in [5.41, 5.74) is -1.54. The van der Waals surface area contributed by atoms with Crippen molar-refractivity contribution in [2.24, 2.45) is 5.92 Å². The molecule has 2 saturated carbocycles. The second-order valence-electron chi connectivity index (χ2n) is 6.13. The van der Waals surface area contributed by atoms with Crippen LogP contribution in [-0.2, 0) is 0 Å². The van der Waals surface area contributed by atoms with Gasteiger partial charge in [-0.15, -0.1) is 0 Å². The second kappa shape index (κ2) is 4.37. The number of hydrogen-bond donors (Lipinski definition) is 2. The Bertz CT molecular complexity index is 306. The molecule has 3 unspecified atom stereocenters. The number of hydrogen-bond acceptors (Lipinski definition) is 2. The summed E-state index contributed by atoms with van der Waals surface area (Å²) < 4.78 is 38.9. The molecular formula is C13H21F3N2. The summed E-state index contributed by atoms with van der Waals surface area (Å²) in [6.07, 6.45) is 1.78. The predicted octanol–water partition coefficient (Wildman–Crippen LogP) is 2.59. The maximum absolute atomic E-state index is 13.0. The molecule has 0 aromatic rings. The highest BCUT2D eigenvalue weighted by atomic mass is 19.4. The predicted molar refractivity (Wildman–Crippen MR) is 63.3 cm³/mol. The van der Waals surface area contributed by atoms with E-state index in [0.29, 0.717) is 12.0 Å². The zero-order valence-electron chi connectivity index (χ0n) is 10.5. The van der Waals surface area contributed by atoms with E-state index in [-0.39, 0.29) is 18.9 Å². The Morgan fingerprint density at radius 2 is 1.83 bits per heavy atom. The lowest BCUT2D eigenvalue weighted by Gasteiger charge is -2.31. The average Bonchev–Trinajstić information content (AvgIpc) is 2.75. The van der Waals surface area contributed by atoms with Gasteiger partial charge in [0.1, 0.15) is 5.54 Å². The Kier molecular flexibility index (Phi) is 3.09. The Morgan fingerprint density at radius 3 is 2.39 bits per heavy atom. The minimum atomic E-state index is -4.08. The molecule has 5 heteroatoms. The molecule has 18 heavy (non-hydrogen) atoms. The molecule has 0 amide bonds. The maximum Gasteiger partial charge on any atom is 0.406 e. The van der Waals surface area contributed by atoms with Gasteiger partial charge in [0.2, 0.25) is 0 Å². The maximum atomic E-state index is 13.0. The minimum absolute atomic E-state index is 0.0599. The molecule has 2 aliphatic carbocycles. The summed E-state index contributed by atoms with van der Waals surface area (Å²) in [7, 11) is 0. The summed E-state index contributed by atoms with van der Waals surface area (Å²) in [5, 5.41) is 6.42. The first-order valence-electron chi connectivity index (χ1n) is 7.10. The molecule has 0 aromatic heterocycles. The Balaban J connectivity index is 1.65. The molecule has 2 N–H and O–H groups in total. The summed E-state index contributed by atoms with van der Waals surface area (Å²) in [5.74, 6) is 0.396. The van der Waals surface area contributed by atoms with Crippen molar-refractivity contribution in [3.05, 3.63) is 0 Å². The van der Waals surface area contributed by atoms with Crippen molar-refractivity contribution in [2.75, 3.05) is 6.54 Å². The van der Waals surface area contributed by atoms with Gasteiger partial charge in [-0.25, -0.2) is 0 Å². The number of rotatable bonds is 3. The number of nitrogens with one attached hydrogen (secondary N) is 2. The molecule has 3 atom stereocenters. The van der Waals surface area contributed by atoms with E-state index in [1.807, 2.05) is 0 Å². The standard InChI is InChI=1S/C13H21F3N2/c14-13(15,16)12(6-7-12)18-11-4-1-3-9(11)10-5-2-8-17-10/h9-11,17-18H,1-8H2. The van der Waals surface area contributed by atoms with E-state index in [1.165, 1.54) is 0 Å². The van der Waals surface area contributed by atoms with Crippen molar-refractivity contribution in [3.8, 4) is 0 Å². The zero-order chi connectivity index (χ0) is 12.8. The molecule has 0 aromatic carbocycles. The van der Waals surface area contributed by atoms with Gasteiger partial charge in [-0.1, -0.05) is 6.42 Å². The smallest absolute Gasteiger partial charge is 0.314 e. The lowest BCUT2D eigenvalue weighted by atomic mass is 9.92. The Labute approximate surface area is 106 Å². The minimum Gasteiger partial charge on any atom is -0.314 e. The van der Waals surface area contributed by atoms with Crippen LogP contribution in [0.5, 0.6) is 0 Å². The molecular weight excluding hydrogens is 241 g/mol. The van der Waals surface area contributed by atoms with Crippen molar-refractivity contribution < 1.29 is 13.2 Å². The molecule has 104 valence electrons. The monoisotopic (exact) mass is 262 g/mol. The number of halogens is 3. The van der Waals surface area contributed by atoms with Gasteiger partial charge < -0.3 is 10.6 Å². The molecule has 1 heterocycles. The van der Waals surface area contributed by atoms with Crippen LogP contribution in [0.4, 0.5) is 13.2 Å². The van der Waals surface area contributed by atoms with E-state index < -0.39 is 11.7 Å². The van der Waals surface area contributed by atoms with Gasteiger partial charge in [0.25, 0.3) is 0 Å². The third kappa shape index (κ3) is 2.16. The third-order valence-corrected chi connectivity index (χ3v) is 4.94. The van der Waals surface area contributed by atoms with Crippen LogP contribution in [0.2, 0.25) is 0 Å². The van der Waals surface area contributed by atoms with Gasteiger partial charge in [-0.05, 0) is 51.0 Å². The molecule has 0 bridgehead atoms. The lowest BCUT2D eigenvalue weighted by Crippen LogP contribution is -2.53. The van der Waals surface area contributed by atoms with Crippen molar-refractivity contribution >= 4 is 0 Å². The van der Waals surface area contributed by atoms with Crippen molar-refractivity contribution in [3.63, 3.8) is 0 Å². The molecule has 3 aliphatic rings. The Morgan fingerprint density at radius 1 is 1.06 bits per heavy atom. The van der Waals surface area contributed by atoms with Gasteiger partial charge in [0.15, 0.2) is 0 Å². The molecule has 2 nitrogen and oxygen atoms in total. The second-order valence-corrected chi connectivity index (χ2v) is 6.13. The van der Waals surface area contributed by atoms with E-state index in [2.05, 4.69) is 10.6 Å².